The van der Waals surface area contributed by atoms with Gasteiger partial charge in [0.15, 0.2) is 0 Å². The maximum atomic E-state index is 13.7. The molecule has 2 aliphatic heterocycles. The van der Waals surface area contributed by atoms with E-state index in [9.17, 15) is 18.0 Å². The molecule has 38 heavy (non-hydrogen) atoms. The highest BCUT2D eigenvalue weighted by atomic mass is 35.5. The predicted molar refractivity (Wildman–Crippen MR) is 145 cm³/mol. The van der Waals surface area contributed by atoms with Gasteiger partial charge in [-0.25, -0.2) is 8.42 Å². The van der Waals surface area contributed by atoms with Crippen molar-refractivity contribution in [3.05, 3.63) is 88.4 Å². The number of amides is 2. The molecule has 198 valence electrons. The van der Waals surface area contributed by atoms with E-state index in [0.717, 1.165) is 44.8 Å². The summed E-state index contributed by atoms with van der Waals surface area (Å²) in [5, 5.41) is 3.42. The van der Waals surface area contributed by atoms with Crippen molar-refractivity contribution < 1.29 is 22.7 Å². The lowest BCUT2D eigenvalue weighted by Crippen LogP contribution is -2.38. The monoisotopic (exact) mass is 553 g/mol. The number of sulfone groups is 1. The van der Waals surface area contributed by atoms with E-state index in [1.54, 1.807) is 30.3 Å². The van der Waals surface area contributed by atoms with Crippen molar-refractivity contribution in [2.24, 2.45) is 0 Å². The highest BCUT2D eigenvalue weighted by molar-refractivity contribution is 7.91. The number of fused-ring (bicyclic) bond motifs is 2. The lowest BCUT2D eigenvalue weighted by Gasteiger charge is -2.26. The summed E-state index contributed by atoms with van der Waals surface area (Å²) in [6.07, 6.45) is 0.778. The van der Waals surface area contributed by atoms with Crippen LogP contribution in [0.1, 0.15) is 32.7 Å². The molecule has 8 nitrogen and oxygen atoms in total. The Labute approximate surface area is 227 Å². The van der Waals surface area contributed by atoms with Crippen LogP contribution >= 0.6 is 11.6 Å². The Bertz CT molecular complexity index is 1470. The molecule has 2 aliphatic rings. The topological polar surface area (TPSA) is 96.0 Å². The van der Waals surface area contributed by atoms with Gasteiger partial charge in [0.05, 0.1) is 40.8 Å². The minimum atomic E-state index is -4.02. The second-order valence-corrected chi connectivity index (χ2v) is 11.6. The van der Waals surface area contributed by atoms with E-state index < -0.39 is 15.7 Å². The second kappa shape index (κ2) is 11.2. The lowest BCUT2D eigenvalue weighted by atomic mass is 10.1. The van der Waals surface area contributed by atoms with Crippen LogP contribution < -0.4 is 10.2 Å². The zero-order valence-corrected chi connectivity index (χ0v) is 22.3. The van der Waals surface area contributed by atoms with E-state index in [0.29, 0.717) is 11.6 Å². The first-order valence-corrected chi connectivity index (χ1v) is 14.3. The summed E-state index contributed by atoms with van der Waals surface area (Å²) in [6.45, 7) is 4.62. The molecule has 0 atom stereocenters. The van der Waals surface area contributed by atoms with Crippen molar-refractivity contribution in [2.45, 2.75) is 22.8 Å². The van der Waals surface area contributed by atoms with Gasteiger partial charge < -0.3 is 15.0 Å². The number of rotatable bonds is 7. The number of morpholine rings is 1. The molecule has 1 saturated heterocycles. The van der Waals surface area contributed by atoms with E-state index in [2.05, 4.69) is 10.2 Å². The molecule has 2 amide bonds. The first-order chi connectivity index (χ1) is 18.3. The van der Waals surface area contributed by atoms with Crippen LogP contribution in [0, 0.1) is 0 Å². The summed E-state index contributed by atoms with van der Waals surface area (Å²) in [4.78, 5) is 30.4. The molecule has 0 aliphatic carbocycles. The van der Waals surface area contributed by atoms with Gasteiger partial charge in [-0.2, -0.15) is 0 Å². The van der Waals surface area contributed by atoms with Crippen LogP contribution in [-0.2, 0) is 21.1 Å². The number of nitrogens with zero attached hydrogens (tertiary/aromatic N) is 2. The molecule has 0 bridgehead atoms. The summed E-state index contributed by atoms with van der Waals surface area (Å²) in [5.74, 6) is -0.796. The fourth-order valence-corrected chi connectivity index (χ4v) is 6.60. The maximum Gasteiger partial charge on any atom is 0.259 e. The van der Waals surface area contributed by atoms with E-state index in [4.69, 9.17) is 16.3 Å². The minimum Gasteiger partial charge on any atom is -0.379 e. The van der Waals surface area contributed by atoms with Crippen LogP contribution in [0.4, 0.5) is 5.69 Å². The average molecular weight is 554 g/mol. The van der Waals surface area contributed by atoms with Gasteiger partial charge in [0.2, 0.25) is 9.84 Å². The first-order valence-electron chi connectivity index (χ1n) is 12.5. The van der Waals surface area contributed by atoms with Crippen LogP contribution in [0.3, 0.4) is 0 Å². The number of carbonyl (C=O) groups is 2. The Hall–Kier alpha value is -3.24. The van der Waals surface area contributed by atoms with Crippen molar-refractivity contribution in [2.75, 3.05) is 44.3 Å². The highest BCUT2D eigenvalue weighted by Gasteiger charge is 2.36. The fraction of sp³-hybridized carbons (Fsp3) is 0.286. The van der Waals surface area contributed by atoms with Crippen molar-refractivity contribution in [3.8, 4) is 0 Å². The third-order valence-electron chi connectivity index (χ3n) is 6.72. The fourth-order valence-electron chi connectivity index (χ4n) is 4.75. The van der Waals surface area contributed by atoms with Crippen LogP contribution in [0.25, 0.3) is 0 Å². The lowest BCUT2D eigenvalue weighted by molar-refractivity contribution is 0.0374. The van der Waals surface area contributed by atoms with Gasteiger partial charge in [-0.15, -0.1) is 0 Å². The number of benzene rings is 3. The number of anilines is 1. The molecule has 1 N–H and O–H groups in total. The smallest absolute Gasteiger partial charge is 0.259 e. The molecule has 3 aromatic carbocycles. The second-order valence-electron chi connectivity index (χ2n) is 9.27. The van der Waals surface area contributed by atoms with E-state index in [1.165, 1.54) is 35.2 Å². The Morgan fingerprint density at radius 2 is 1.76 bits per heavy atom. The molecule has 0 saturated carbocycles. The van der Waals surface area contributed by atoms with Crippen molar-refractivity contribution in [1.82, 2.24) is 10.2 Å². The minimum absolute atomic E-state index is 0.0262. The molecule has 0 spiro atoms. The van der Waals surface area contributed by atoms with E-state index in [1.807, 2.05) is 6.07 Å². The largest absolute Gasteiger partial charge is 0.379 e. The Balaban J connectivity index is 1.45. The zero-order valence-electron chi connectivity index (χ0n) is 20.7. The number of hydrogen-bond donors (Lipinski definition) is 1. The molecule has 0 radical (unpaired) electrons. The zero-order chi connectivity index (χ0) is 26.7. The summed E-state index contributed by atoms with van der Waals surface area (Å²) < 4.78 is 32.6. The van der Waals surface area contributed by atoms with Crippen LogP contribution in [0.15, 0.2) is 76.5 Å². The van der Waals surface area contributed by atoms with Gasteiger partial charge in [0.1, 0.15) is 0 Å². The predicted octanol–water partition coefficient (Wildman–Crippen LogP) is 3.79. The summed E-state index contributed by atoms with van der Waals surface area (Å²) >= 11 is 6.17. The number of carbonyl (C=O) groups excluding carboxylic acids is 2. The number of hydrogen-bond acceptors (Lipinski definition) is 6. The van der Waals surface area contributed by atoms with Crippen molar-refractivity contribution in [1.29, 1.82) is 0 Å². The molecule has 1 fully saturated rings. The molecule has 3 aromatic rings. The van der Waals surface area contributed by atoms with Gasteiger partial charge in [0.25, 0.3) is 11.8 Å². The van der Waals surface area contributed by atoms with E-state index in [-0.39, 0.29) is 39.1 Å². The maximum absolute atomic E-state index is 13.7. The first kappa shape index (κ1) is 26.4. The third-order valence-corrected chi connectivity index (χ3v) is 8.82. The van der Waals surface area contributed by atoms with Gasteiger partial charge in [-0.3, -0.25) is 14.5 Å². The third kappa shape index (κ3) is 5.47. The Morgan fingerprint density at radius 3 is 2.55 bits per heavy atom. The molecule has 2 heterocycles. The highest BCUT2D eigenvalue weighted by Crippen LogP contribution is 2.38. The molecule has 0 aromatic heterocycles. The van der Waals surface area contributed by atoms with Crippen LogP contribution in [0.2, 0.25) is 5.02 Å². The number of nitrogens with one attached hydrogen (secondary N) is 1. The Kier molecular flexibility index (Phi) is 7.80. The molecular formula is C28H28ClN3O5S. The van der Waals surface area contributed by atoms with Gasteiger partial charge >= 0.3 is 0 Å². The summed E-state index contributed by atoms with van der Waals surface area (Å²) in [6, 6.07) is 17.6. The van der Waals surface area contributed by atoms with Crippen molar-refractivity contribution in [3.63, 3.8) is 0 Å². The van der Waals surface area contributed by atoms with Crippen molar-refractivity contribution >= 4 is 38.9 Å². The van der Waals surface area contributed by atoms with Gasteiger partial charge in [-0.1, -0.05) is 35.9 Å². The normalized spacial score (nSPS) is 16.9. The number of halogens is 1. The number of ether oxygens (including phenoxy) is 1. The van der Waals surface area contributed by atoms with Crippen LogP contribution in [0.5, 0.6) is 0 Å². The SMILES string of the molecule is O=C(NCCCN1CCOCC1)c1ccc2c(c1)N(Cc1cccc(Cl)c1)C(=O)c1ccccc1S2(=O)=O. The molecule has 10 heteroatoms. The Morgan fingerprint density at radius 1 is 0.974 bits per heavy atom. The summed E-state index contributed by atoms with van der Waals surface area (Å²) in [7, 11) is -4.02. The summed E-state index contributed by atoms with van der Waals surface area (Å²) in [5.41, 5.74) is 1.25. The standard InChI is InChI=1S/C28H28ClN3O5S/c29-22-6-3-5-20(17-22)19-32-24-18-21(27(33)30-11-4-12-31-13-15-37-16-14-31)9-10-26(24)38(35,36)25-8-2-1-7-23(25)28(32)34/h1-3,5-10,17-18H,4,11-16,19H2,(H,30,33). The molecule has 5 rings (SSSR count). The van der Waals surface area contributed by atoms with Gasteiger partial charge in [0, 0.05) is 30.2 Å². The molecular weight excluding hydrogens is 526 g/mol. The quantitative estimate of drug-likeness (QED) is 0.447. The molecule has 0 unspecified atom stereocenters. The van der Waals surface area contributed by atoms with Crippen LogP contribution in [-0.4, -0.2) is 64.5 Å². The average Bonchev–Trinajstić information content (AvgIpc) is 2.99. The van der Waals surface area contributed by atoms with Gasteiger partial charge in [-0.05, 0) is 61.0 Å². The van der Waals surface area contributed by atoms with E-state index >= 15 is 0 Å².